The van der Waals surface area contributed by atoms with Crippen LogP contribution in [-0.2, 0) is 27.2 Å². The van der Waals surface area contributed by atoms with E-state index in [1.165, 1.54) is 6.33 Å². The van der Waals surface area contributed by atoms with Crippen molar-refractivity contribution in [3.8, 4) is 0 Å². The van der Waals surface area contributed by atoms with Gasteiger partial charge in [0.1, 0.15) is 17.3 Å². The molecule has 10 heteroatoms. The Kier molecular flexibility index (Phi) is 7.43. The fourth-order valence-corrected chi connectivity index (χ4v) is 2.21. The van der Waals surface area contributed by atoms with E-state index in [9.17, 15) is 0 Å². The molecule has 7 nitrogen and oxygen atoms in total. The molecule has 0 unspecified atom stereocenters. The minimum atomic E-state index is 0. The molecule has 0 amide bonds. The predicted octanol–water partition coefficient (Wildman–Crippen LogP) is 1.94. The Morgan fingerprint density at radius 3 is 2.45 bits per heavy atom. The minimum absolute atomic E-state index is 0. The van der Waals surface area contributed by atoms with Crippen molar-refractivity contribution in [2.45, 2.75) is 13.1 Å². The number of rotatable bonds is 4. The van der Waals surface area contributed by atoms with Crippen molar-refractivity contribution < 1.29 is 0 Å². The zero-order chi connectivity index (χ0) is 15.4. The third-order valence-corrected chi connectivity index (χ3v) is 3.94. The van der Waals surface area contributed by atoms with Crippen LogP contribution in [-0.4, -0.2) is 32.3 Å². The van der Waals surface area contributed by atoms with Gasteiger partial charge in [-0.1, -0.05) is 23.2 Å². The van der Waals surface area contributed by atoms with Gasteiger partial charge >= 0.3 is 0 Å². The van der Waals surface area contributed by atoms with E-state index in [0.717, 1.165) is 11.5 Å². The molecular weight excluding hydrogens is 440 g/mol. The molecule has 0 saturated heterocycles. The highest BCUT2D eigenvalue weighted by molar-refractivity contribution is 14.0. The van der Waals surface area contributed by atoms with Crippen LogP contribution in [0, 0.1) is 0 Å². The van der Waals surface area contributed by atoms with Gasteiger partial charge in [0, 0.05) is 26.8 Å². The summed E-state index contributed by atoms with van der Waals surface area (Å²) >= 11 is 12.0. The molecule has 22 heavy (non-hydrogen) atoms. The standard InChI is InChI=1S/C12H17Cl2N7.HI/c1-15-12(17-6-10-18-7-19-21(10)3)16-5-8-4-9(13)11(14)20(8)2;/h4,7H,5-6H2,1-3H3,(H2,15,16,17);1H. The Morgan fingerprint density at radius 2 is 1.95 bits per heavy atom. The van der Waals surface area contributed by atoms with Crippen LogP contribution in [0.2, 0.25) is 10.2 Å². The lowest BCUT2D eigenvalue weighted by molar-refractivity contribution is 0.669. The van der Waals surface area contributed by atoms with Crippen LogP contribution in [0.5, 0.6) is 0 Å². The maximum absolute atomic E-state index is 6.03. The molecule has 2 rings (SSSR count). The molecule has 0 atom stereocenters. The van der Waals surface area contributed by atoms with Crippen molar-refractivity contribution in [2.24, 2.45) is 19.1 Å². The van der Waals surface area contributed by atoms with Gasteiger partial charge in [-0.25, -0.2) is 4.98 Å². The van der Waals surface area contributed by atoms with E-state index in [1.54, 1.807) is 11.7 Å². The van der Waals surface area contributed by atoms with Gasteiger partial charge in [0.2, 0.25) is 0 Å². The number of nitrogens with zero attached hydrogens (tertiary/aromatic N) is 5. The summed E-state index contributed by atoms with van der Waals surface area (Å²) in [6.07, 6.45) is 1.52. The van der Waals surface area contributed by atoms with Crippen molar-refractivity contribution >= 4 is 53.1 Å². The Balaban J connectivity index is 0.00000242. The highest BCUT2D eigenvalue weighted by Crippen LogP contribution is 2.24. The first kappa shape index (κ1) is 19.0. The topological polar surface area (TPSA) is 72.1 Å². The summed E-state index contributed by atoms with van der Waals surface area (Å²) in [6, 6.07) is 1.83. The number of hydrogen-bond donors (Lipinski definition) is 2. The molecule has 0 spiro atoms. The molecule has 2 N–H and O–H groups in total. The summed E-state index contributed by atoms with van der Waals surface area (Å²) in [5.41, 5.74) is 0.964. The third kappa shape index (κ3) is 4.50. The average molecular weight is 458 g/mol. The molecule has 0 saturated carbocycles. The van der Waals surface area contributed by atoms with Crippen molar-refractivity contribution in [1.82, 2.24) is 30.0 Å². The summed E-state index contributed by atoms with van der Waals surface area (Å²) in [6.45, 7) is 1.09. The van der Waals surface area contributed by atoms with Crippen LogP contribution >= 0.6 is 47.2 Å². The second-order valence-electron chi connectivity index (χ2n) is 4.41. The normalized spacial score (nSPS) is 11.2. The highest BCUT2D eigenvalue weighted by atomic mass is 127. The van der Waals surface area contributed by atoms with E-state index in [4.69, 9.17) is 23.2 Å². The van der Waals surface area contributed by atoms with Crippen LogP contribution in [0.3, 0.4) is 0 Å². The lowest BCUT2D eigenvalue weighted by Crippen LogP contribution is -2.37. The maximum Gasteiger partial charge on any atom is 0.191 e. The monoisotopic (exact) mass is 457 g/mol. The molecule has 2 aromatic rings. The third-order valence-electron chi connectivity index (χ3n) is 3.10. The summed E-state index contributed by atoms with van der Waals surface area (Å²) in [7, 11) is 5.41. The van der Waals surface area contributed by atoms with E-state index in [0.29, 0.717) is 29.2 Å². The Bertz CT molecular complexity index is 650. The van der Waals surface area contributed by atoms with Crippen molar-refractivity contribution in [2.75, 3.05) is 7.05 Å². The fourth-order valence-electron chi connectivity index (χ4n) is 1.80. The quantitative estimate of drug-likeness (QED) is 0.418. The lowest BCUT2D eigenvalue weighted by Gasteiger charge is -2.12. The van der Waals surface area contributed by atoms with Gasteiger partial charge in [0.05, 0.1) is 18.1 Å². The van der Waals surface area contributed by atoms with E-state index in [2.05, 4.69) is 25.7 Å². The number of guanidine groups is 1. The van der Waals surface area contributed by atoms with E-state index >= 15 is 0 Å². The van der Waals surface area contributed by atoms with Crippen LogP contribution in [0.25, 0.3) is 0 Å². The molecule has 0 radical (unpaired) electrons. The molecule has 0 fully saturated rings. The number of halogens is 3. The summed E-state index contributed by atoms with van der Waals surface area (Å²) in [5.74, 6) is 1.48. The van der Waals surface area contributed by atoms with E-state index < -0.39 is 0 Å². The average Bonchev–Trinajstić information content (AvgIpc) is 2.98. The maximum atomic E-state index is 6.03. The Labute approximate surface area is 156 Å². The molecular formula is C12H18Cl2IN7. The second kappa shape index (κ2) is 8.59. The number of nitrogens with one attached hydrogen (secondary N) is 2. The number of aromatic nitrogens is 4. The zero-order valence-corrected chi connectivity index (χ0v) is 16.3. The SMILES string of the molecule is CN=C(NCc1ncnn1C)NCc1cc(Cl)c(Cl)n1C.I. The van der Waals surface area contributed by atoms with Crippen LogP contribution in [0.4, 0.5) is 0 Å². The van der Waals surface area contributed by atoms with Gasteiger partial charge in [0.15, 0.2) is 5.96 Å². The van der Waals surface area contributed by atoms with Gasteiger partial charge in [-0.2, -0.15) is 5.10 Å². The number of aryl methyl sites for hydroxylation is 1. The molecule has 0 aliphatic heterocycles. The lowest BCUT2D eigenvalue weighted by atomic mass is 10.4. The summed E-state index contributed by atoms with van der Waals surface area (Å²) in [5, 5.41) is 11.4. The molecule has 0 aliphatic carbocycles. The first-order chi connectivity index (χ1) is 10.0. The molecule has 2 heterocycles. The van der Waals surface area contributed by atoms with E-state index in [-0.39, 0.29) is 24.0 Å². The first-order valence-corrected chi connectivity index (χ1v) is 7.05. The second-order valence-corrected chi connectivity index (χ2v) is 5.18. The molecule has 2 aromatic heterocycles. The Morgan fingerprint density at radius 1 is 1.27 bits per heavy atom. The van der Waals surface area contributed by atoms with Gasteiger partial charge in [-0.15, -0.1) is 24.0 Å². The molecule has 0 aliphatic rings. The van der Waals surface area contributed by atoms with Gasteiger partial charge in [-0.05, 0) is 6.07 Å². The van der Waals surface area contributed by atoms with Crippen LogP contribution in [0.15, 0.2) is 17.4 Å². The molecule has 0 aromatic carbocycles. The van der Waals surface area contributed by atoms with Gasteiger partial charge in [0.25, 0.3) is 0 Å². The predicted molar refractivity (Wildman–Crippen MR) is 98.9 cm³/mol. The van der Waals surface area contributed by atoms with Crippen LogP contribution < -0.4 is 10.6 Å². The number of aliphatic imine (C=N–C) groups is 1. The van der Waals surface area contributed by atoms with E-state index in [1.807, 2.05) is 24.7 Å². The largest absolute Gasteiger partial charge is 0.351 e. The summed E-state index contributed by atoms with van der Waals surface area (Å²) in [4.78, 5) is 8.29. The van der Waals surface area contributed by atoms with Crippen molar-refractivity contribution in [3.05, 3.63) is 34.1 Å². The first-order valence-electron chi connectivity index (χ1n) is 6.30. The highest BCUT2D eigenvalue weighted by Gasteiger charge is 2.09. The fraction of sp³-hybridized carbons (Fsp3) is 0.417. The molecule has 122 valence electrons. The Hall–Kier alpha value is -1.000. The van der Waals surface area contributed by atoms with Crippen molar-refractivity contribution in [1.29, 1.82) is 0 Å². The minimum Gasteiger partial charge on any atom is -0.351 e. The number of hydrogen-bond acceptors (Lipinski definition) is 3. The van der Waals surface area contributed by atoms with Gasteiger partial charge in [-0.3, -0.25) is 9.67 Å². The van der Waals surface area contributed by atoms with Crippen LogP contribution in [0.1, 0.15) is 11.5 Å². The van der Waals surface area contributed by atoms with Crippen molar-refractivity contribution in [3.63, 3.8) is 0 Å². The summed E-state index contributed by atoms with van der Waals surface area (Å²) < 4.78 is 3.53. The smallest absolute Gasteiger partial charge is 0.191 e. The van der Waals surface area contributed by atoms with Gasteiger partial charge < -0.3 is 15.2 Å². The zero-order valence-electron chi connectivity index (χ0n) is 12.5. The molecule has 0 bridgehead atoms.